The Labute approximate surface area is 195 Å². The predicted octanol–water partition coefficient (Wildman–Crippen LogP) is 5.47. The second kappa shape index (κ2) is 11.2. The minimum absolute atomic E-state index is 0.0885. The fraction of sp³-hybridized carbons (Fsp3) is 0.250. The summed E-state index contributed by atoms with van der Waals surface area (Å²) in [4.78, 5) is 35.9. The number of nitro groups is 1. The molecule has 3 rings (SSSR count). The summed E-state index contributed by atoms with van der Waals surface area (Å²) in [5, 5.41) is 16.0. The fourth-order valence-corrected chi connectivity index (χ4v) is 4.19. The van der Waals surface area contributed by atoms with Crippen molar-refractivity contribution in [2.45, 2.75) is 26.7 Å². The first-order valence-corrected chi connectivity index (χ1v) is 11.4. The molecule has 0 unspecified atom stereocenters. The molecular weight excluding hydrogens is 444 g/mol. The molecule has 1 aromatic heterocycles. The summed E-state index contributed by atoms with van der Waals surface area (Å²) in [5.74, 6) is -0.0685. The second-order valence-electron chi connectivity index (χ2n) is 7.01. The lowest BCUT2D eigenvalue weighted by Gasteiger charge is -2.09. The van der Waals surface area contributed by atoms with E-state index in [1.807, 2.05) is 31.2 Å². The lowest BCUT2D eigenvalue weighted by molar-refractivity contribution is -0.384. The summed E-state index contributed by atoms with van der Waals surface area (Å²) in [6.45, 7) is 4.35. The Hall–Kier alpha value is -3.72. The molecule has 0 saturated heterocycles. The number of hydrogen-bond acceptors (Lipinski definition) is 7. The molecule has 0 radical (unpaired) electrons. The van der Waals surface area contributed by atoms with Gasteiger partial charge in [0.05, 0.1) is 18.1 Å². The first-order valence-electron chi connectivity index (χ1n) is 10.5. The number of aryl methyl sites for hydroxylation is 1. The average molecular weight is 469 g/mol. The first kappa shape index (κ1) is 23.9. The van der Waals surface area contributed by atoms with E-state index in [2.05, 4.69) is 5.32 Å². The van der Waals surface area contributed by atoms with Crippen molar-refractivity contribution < 1.29 is 24.0 Å². The number of non-ortho nitro benzene ring substituents is 1. The molecule has 0 fully saturated rings. The number of amides is 1. The molecule has 3 aromatic rings. The summed E-state index contributed by atoms with van der Waals surface area (Å²) >= 11 is 1.18. The van der Waals surface area contributed by atoms with E-state index in [1.165, 1.54) is 23.5 Å². The Morgan fingerprint density at radius 2 is 1.85 bits per heavy atom. The highest BCUT2D eigenvalue weighted by Gasteiger charge is 2.23. The van der Waals surface area contributed by atoms with Gasteiger partial charge in [0.15, 0.2) is 0 Å². The Morgan fingerprint density at radius 1 is 1.09 bits per heavy atom. The third-order valence-corrected chi connectivity index (χ3v) is 5.66. The lowest BCUT2D eigenvalue weighted by atomic mass is 10.0. The minimum atomic E-state index is -0.595. The monoisotopic (exact) mass is 468 g/mol. The number of benzene rings is 2. The molecule has 0 aliphatic carbocycles. The van der Waals surface area contributed by atoms with Gasteiger partial charge in [0.1, 0.15) is 16.3 Å². The molecule has 0 aliphatic heterocycles. The van der Waals surface area contributed by atoms with Crippen LogP contribution < -0.4 is 10.1 Å². The van der Waals surface area contributed by atoms with Gasteiger partial charge in [-0.25, -0.2) is 4.79 Å². The third-order valence-electron chi connectivity index (χ3n) is 4.77. The Balaban J connectivity index is 1.78. The molecule has 1 amide bonds. The molecule has 1 N–H and O–H groups in total. The van der Waals surface area contributed by atoms with E-state index >= 15 is 0 Å². The van der Waals surface area contributed by atoms with Crippen molar-refractivity contribution >= 4 is 33.9 Å². The van der Waals surface area contributed by atoms with Gasteiger partial charge in [0.2, 0.25) is 5.91 Å². The summed E-state index contributed by atoms with van der Waals surface area (Å²) in [5.41, 5.74) is 2.07. The predicted molar refractivity (Wildman–Crippen MR) is 127 cm³/mol. The quantitative estimate of drug-likeness (QED) is 0.240. The van der Waals surface area contributed by atoms with Crippen LogP contribution in [0.4, 0.5) is 10.7 Å². The highest BCUT2D eigenvalue weighted by atomic mass is 32.1. The maximum Gasteiger partial charge on any atom is 0.341 e. The smallest absolute Gasteiger partial charge is 0.341 e. The summed E-state index contributed by atoms with van der Waals surface area (Å²) in [6, 6.07) is 13.5. The van der Waals surface area contributed by atoms with Gasteiger partial charge in [-0.05, 0) is 43.5 Å². The summed E-state index contributed by atoms with van der Waals surface area (Å²) < 4.78 is 10.6. The Morgan fingerprint density at radius 3 is 2.52 bits per heavy atom. The zero-order valence-corrected chi connectivity index (χ0v) is 19.1. The van der Waals surface area contributed by atoms with E-state index in [0.29, 0.717) is 29.2 Å². The van der Waals surface area contributed by atoms with Crippen molar-refractivity contribution in [1.82, 2.24) is 0 Å². The highest BCUT2D eigenvalue weighted by Crippen LogP contribution is 2.37. The fourth-order valence-electron chi connectivity index (χ4n) is 3.22. The van der Waals surface area contributed by atoms with Gasteiger partial charge in [-0.1, -0.05) is 24.3 Å². The molecular formula is C24H24N2O6S. The lowest BCUT2D eigenvalue weighted by Crippen LogP contribution is -2.15. The number of rotatable bonds is 10. The minimum Gasteiger partial charge on any atom is -0.494 e. The third kappa shape index (κ3) is 6.17. The standard InChI is InChI=1S/C24H24N2O6S/c1-3-31-19-11-8-16(9-12-19)10-13-21(27)25-23-22(24(28)32-4-2)20(15-33-23)17-6-5-7-18(14-17)26(29)30/h5-9,11-12,14-15H,3-4,10,13H2,1-2H3,(H,25,27). The van der Waals surface area contributed by atoms with Gasteiger partial charge >= 0.3 is 5.97 Å². The van der Waals surface area contributed by atoms with Gasteiger partial charge in [0.25, 0.3) is 5.69 Å². The average Bonchev–Trinajstić information content (AvgIpc) is 3.22. The molecule has 0 spiro atoms. The number of carbonyl (C=O) groups is 2. The van der Waals surface area contributed by atoms with Crippen LogP contribution in [0.15, 0.2) is 53.9 Å². The van der Waals surface area contributed by atoms with Crippen LogP contribution in [-0.2, 0) is 16.0 Å². The van der Waals surface area contributed by atoms with Crippen molar-refractivity contribution in [3.63, 3.8) is 0 Å². The number of hydrogen-bond donors (Lipinski definition) is 1. The van der Waals surface area contributed by atoms with Gasteiger partial charge in [0, 0.05) is 29.5 Å². The van der Waals surface area contributed by atoms with Crippen LogP contribution in [0.3, 0.4) is 0 Å². The largest absolute Gasteiger partial charge is 0.494 e. The number of nitro benzene ring substituents is 1. The Kier molecular flexibility index (Phi) is 8.15. The zero-order chi connectivity index (χ0) is 23.8. The van der Waals surface area contributed by atoms with Crippen LogP contribution in [0.5, 0.6) is 5.75 Å². The summed E-state index contributed by atoms with van der Waals surface area (Å²) in [6.07, 6.45) is 0.746. The van der Waals surface area contributed by atoms with E-state index in [-0.39, 0.29) is 30.2 Å². The van der Waals surface area contributed by atoms with Crippen LogP contribution in [-0.4, -0.2) is 30.0 Å². The SMILES string of the molecule is CCOC(=O)c1c(-c2cccc([N+](=O)[O-])c2)csc1NC(=O)CCc1ccc(OCC)cc1. The molecule has 1 heterocycles. The Bertz CT molecular complexity index is 1140. The van der Waals surface area contributed by atoms with Crippen LogP contribution in [0.25, 0.3) is 11.1 Å². The van der Waals surface area contributed by atoms with Crippen LogP contribution >= 0.6 is 11.3 Å². The summed E-state index contributed by atoms with van der Waals surface area (Å²) in [7, 11) is 0. The number of ether oxygens (including phenoxy) is 2. The van der Waals surface area contributed by atoms with Crippen LogP contribution in [0.2, 0.25) is 0 Å². The molecule has 2 aromatic carbocycles. The molecule has 0 bridgehead atoms. The van der Waals surface area contributed by atoms with Gasteiger partial charge in [-0.3, -0.25) is 14.9 Å². The topological polar surface area (TPSA) is 108 Å². The molecule has 0 saturated carbocycles. The van der Waals surface area contributed by atoms with Gasteiger partial charge in [-0.15, -0.1) is 11.3 Å². The van der Waals surface area contributed by atoms with Crippen molar-refractivity contribution in [2.24, 2.45) is 0 Å². The molecule has 0 atom stereocenters. The van der Waals surface area contributed by atoms with E-state index in [4.69, 9.17) is 9.47 Å². The number of esters is 1. The number of carbonyl (C=O) groups excluding carboxylic acids is 2. The molecule has 33 heavy (non-hydrogen) atoms. The number of nitrogens with zero attached hydrogens (tertiary/aromatic N) is 1. The highest BCUT2D eigenvalue weighted by molar-refractivity contribution is 7.15. The van der Waals surface area contributed by atoms with Crippen molar-refractivity contribution in [1.29, 1.82) is 0 Å². The molecule has 9 heteroatoms. The maximum absolute atomic E-state index is 12.7. The second-order valence-corrected chi connectivity index (χ2v) is 7.89. The van der Waals surface area contributed by atoms with Gasteiger partial charge in [-0.2, -0.15) is 0 Å². The van der Waals surface area contributed by atoms with E-state index < -0.39 is 10.9 Å². The molecule has 172 valence electrons. The van der Waals surface area contributed by atoms with Crippen molar-refractivity contribution in [3.8, 4) is 16.9 Å². The number of anilines is 1. The van der Waals surface area contributed by atoms with Crippen LogP contribution in [0.1, 0.15) is 36.2 Å². The maximum atomic E-state index is 12.7. The van der Waals surface area contributed by atoms with Crippen LogP contribution in [0, 0.1) is 10.1 Å². The van der Waals surface area contributed by atoms with E-state index in [1.54, 1.807) is 24.4 Å². The first-order chi connectivity index (χ1) is 15.9. The van der Waals surface area contributed by atoms with Crippen molar-refractivity contribution in [2.75, 3.05) is 18.5 Å². The van der Waals surface area contributed by atoms with Gasteiger partial charge < -0.3 is 14.8 Å². The molecule has 0 aliphatic rings. The molecule has 8 nitrogen and oxygen atoms in total. The van der Waals surface area contributed by atoms with E-state index in [0.717, 1.165) is 11.3 Å². The van der Waals surface area contributed by atoms with E-state index in [9.17, 15) is 19.7 Å². The number of nitrogens with one attached hydrogen (secondary N) is 1. The normalized spacial score (nSPS) is 10.5. The van der Waals surface area contributed by atoms with Crippen molar-refractivity contribution in [3.05, 3.63) is 75.2 Å². The zero-order valence-electron chi connectivity index (χ0n) is 18.3. The number of thiophene rings is 1.